The average molecular weight is 297 g/mol. The maximum absolute atomic E-state index is 5.65. The van der Waals surface area contributed by atoms with Gasteiger partial charge in [0.1, 0.15) is 0 Å². The van der Waals surface area contributed by atoms with E-state index in [9.17, 15) is 0 Å². The van der Waals surface area contributed by atoms with Crippen molar-refractivity contribution in [3.8, 4) is 0 Å². The summed E-state index contributed by atoms with van der Waals surface area (Å²) in [4.78, 5) is 0. The molecule has 2 aromatic rings. The Morgan fingerprint density at radius 3 is 2.81 bits per heavy atom. The Bertz CT molecular complexity index is 468. The minimum absolute atomic E-state index is 0.0590. The average Bonchev–Trinajstić information content (AvgIpc) is 2.79. The van der Waals surface area contributed by atoms with Crippen LogP contribution in [0.25, 0.3) is 0 Å². The van der Waals surface area contributed by atoms with Gasteiger partial charge < -0.3 is 0 Å². The molecule has 3 N–H and O–H groups in total. The van der Waals surface area contributed by atoms with Crippen LogP contribution in [0.5, 0.6) is 0 Å². The summed E-state index contributed by atoms with van der Waals surface area (Å²) in [6.07, 6.45) is 0. The molecule has 1 atom stereocenters. The smallest absolute Gasteiger partial charge is 0.0721 e. The van der Waals surface area contributed by atoms with Gasteiger partial charge in [-0.05, 0) is 46.5 Å². The number of rotatable bonds is 3. The maximum atomic E-state index is 5.65. The molecule has 4 heteroatoms. The van der Waals surface area contributed by atoms with E-state index >= 15 is 0 Å². The molecule has 2 nitrogen and oxygen atoms in total. The first-order chi connectivity index (χ1) is 7.74. The Morgan fingerprint density at radius 2 is 2.19 bits per heavy atom. The van der Waals surface area contributed by atoms with Gasteiger partial charge in [-0.25, -0.2) is 5.43 Å². The van der Waals surface area contributed by atoms with Crippen molar-refractivity contribution >= 4 is 27.3 Å². The van der Waals surface area contributed by atoms with Gasteiger partial charge in [0, 0.05) is 4.47 Å². The van der Waals surface area contributed by atoms with Crippen molar-refractivity contribution in [3.05, 3.63) is 56.2 Å². The summed E-state index contributed by atoms with van der Waals surface area (Å²) in [6.45, 7) is 2.09. The quantitative estimate of drug-likeness (QED) is 0.673. The highest BCUT2D eigenvalue weighted by atomic mass is 79.9. The first-order valence-electron chi connectivity index (χ1n) is 4.97. The van der Waals surface area contributed by atoms with E-state index in [4.69, 9.17) is 5.84 Å². The summed E-state index contributed by atoms with van der Waals surface area (Å²) in [5.41, 5.74) is 6.50. The minimum Gasteiger partial charge on any atom is -0.271 e. The molecule has 1 heterocycles. The number of hydrogen-bond donors (Lipinski definition) is 2. The van der Waals surface area contributed by atoms with Crippen LogP contribution in [0.15, 0.2) is 39.5 Å². The van der Waals surface area contributed by atoms with Crippen LogP contribution in [0, 0.1) is 6.92 Å². The Morgan fingerprint density at radius 1 is 1.38 bits per heavy atom. The lowest BCUT2D eigenvalue weighted by molar-refractivity contribution is 0.635. The molecular weight excluding hydrogens is 284 g/mol. The SMILES string of the molecule is Cc1c(Br)cccc1C(NN)c1ccsc1. The van der Waals surface area contributed by atoms with Crippen molar-refractivity contribution < 1.29 is 0 Å². The largest absolute Gasteiger partial charge is 0.271 e. The topological polar surface area (TPSA) is 38.0 Å². The lowest BCUT2D eigenvalue weighted by Gasteiger charge is -2.18. The van der Waals surface area contributed by atoms with Crippen LogP contribution in [0.1, 0.15) is 22.7 Å². The molecule has 16 heavy (non-hydrogen) atoms. The number of hydrogen-bond acceptors (Lipinski definition) is 3. The molecule has 0 saturated carbocycles. The molecule has 0 radical (unpaired) electrons. The fraction of sp³-hybridized carbons (Fsp3) is 0.167. The predicted molar refractivity (Wildman–Crippen MR) is 72.4 cm³/mol. The number of benzene rings is 1. The van der Waals surface area contributed by atoms with Crippen molar-refractivity contribution in [2.24, 2.45) is 5.84 Å². The fourth-order valence-corrected chi connectivity index (χ4v) is 2.81. The molecule has 0 saturated heterocycles. The van der Waals surface area contributed by atoms with Crippen LogP contribution < -0.4 is 11.3 Å². The number of nitrogens with one attached hydrogen (secondary N) is 1. The van der Waals surface area contributed by atoms with Gasteiger partial charge in [-0.15, -0.1) is 0 Å². The molecule has 0 aliphatic heterocycles. The van der Waals surface area contributed by atoms with Gasteiger partial charge in [0.25, 0.3) is 0 Å². The molecule has 0 spiro atoms. The highest BCUT2D eigenvalue weighted by Crippen LogP contribution is 2.29. The maximum Gasteiger partial charge on any atom is 0.0721 e. The van der Waals surface area contributed by atoms with Gasteiger partial charge in [-0.1, -0.05) is 28.1 Å². The van der Waals surface area contributed by atoms with Crippen LogP contribution in [0.3, 0.4) is 0 Å². The zero-order chi connectivity index (χ0) is 11.5. The van der Waals surface area contributed by atoms with Gasteiger partial charge in [0.05, 0.1) is 6.04 Å². The van der Waals surface area contributed by atoms with Gasteiger partial charge in [-0.3, -0.25) is 5.84 Å². The van der Waals surface area contributed by atoms with Crippen LogP contribution in [-0.2, 0) is 0 Å². The first-order valence-corrected chi connectivity index (χ1v) is 6.71. The monoisotopic (exact) mass is 296 g/mol. The molecule has 0 aliphatic rings. The van der Waals surface area contributed by atoms with E-state index in [0.29, 0.717) is 0 Å². The van der Waals surface area contributed by atoms with E-state index in [2.05, 4.69) is 51.2 Å². The van der Waals surface area contributed by atoms with Crippen molar-refractivity contribution in [3.63, 3.8) is 0 Å². The van der Waals surface area contributed by atoms with Gasteiger partial charge in [0.2, 0.25) is 0 Å². The van der Waals surface area contributed by atoms with Crippen molar-refractivity contribution in [1.29, 1.82) is 0 Å². The first kappa shape index (κ1) is 11.8. The van der Waals surface area contributed by atoms with E-state index in [1.807, 2.05) is 12.1 Å². The second kappa shape index (κ2) is 5.10. The van der Waals surface area contributed by atoms with Crippen LogP contribution in [-0.4, -0.2) is 0 Å². The summed E-state index contributed by atoms with van der Waals surface area (Å²) in [5.74, 6) is 5.65. The van der Waals surface area contributed by atoms with Gasteiger partial charge in [-0.2, -0.15) is 11.3 Å². The molecule has 1 unspecified atom stereocenters. The van der Waals surface area contributed by atoms with E-state index in [-0.39, 0.29) is 6.04 Å². The highest BCUT2D eigenvalue weighted by molar-refractivity contribution is 9.10. The third-order valence-electron chi connectivity index (χ3n) is 2.66. The van der Waals surface area contributed by atoms with Crippen molar-refractivity contribution in [2.45, 2.75) is 13.0 Å². The van der Waals surface area contributed by atoms with Crippen LogP contribution in [0.2, 0.25) is 0 Å². The number of hydrazine groups is 1. The minimum atomic E-state index is 0.0590. The third-order valence-corrected chi connectivity index (χ3v) is 4.22. The molecular formula is C12H13BrN2S. The predicted octanol–water partition coefficient (Wildman–Crippen LogP) is 3.37. The summed E-state index contributed by atoms with van der Waals surface area (Å²) in [7, 11) is 0. The lowest BCUT2D eigenvalue weighted by Crippen LogP contribution is -2.29. The van der Waals surface area contributed by atoms with E-state index < -0.39 is 0 Å². The zero-order valence-electron chi connectivity index (χ0n) is 8.91. The second-order valence-corrected chi connectivity index (χ2v) is 5.24. The molecule has 2 rings (SSSR count). The van der Waals surface area contributed by atoms with E-state index in [1.165, 1.54) is 16.7 Å². The molecule has 0 bridgehead atoms. The molecule has 1 aromatic carbocycles. The Labute approximate surface area is 108 Å². The van der Waals surface area contributed by atoms with E-state index in [0.717, 1.165) is 4.47 Å². The van der Waals surface area contributed by atoms with Crippen molar-refractivity contribution in [1.82, 2.24) is 5.43 Å². The zero-order valence-corrected chi connectivity index (χ0v) is 11.3. The van der Waals surface area contributed by atoms with Gasteiger partial charge >= 0.3 is 0 Å². The molecule has 1 aromatic heterocycles. The number of halogens is 1. The fourth-order valence-electron chi connectivity index (χ4n) is 1.74. The lowest BCUT2D eigenvalue weighted by atomic mass is 9.97. The Hall–Kier alpha value is -0.680. The van der Waals surface area contributed by atoms with Crippen molar-refractivity contribution in [2.75, 3.05) is 0 Å². The summed E-state index contributed by atoms with van der Waals surface area (Å²) < 4.78 is 1.11. The molecule has 0 fully saturated rings. The Kier molecular flexibility index (Phi) is 3.76. The molecule has 84 valence electrons. The van der Waals surface area contributed by atoms with Gasteiger partial charge in [0.15, 0.2) is 0 Å². The van der Waals surface area contributed by atoms with E-state index in [1.54, 1.807) is 11.3 Å². The Balaban J connectivity index is 2.45. The standard InChI is InChI=1S/C12H13BrN2S/c1-8-10(3-2-4-11(8)13)12(15-14)9-5-6-16-7-9/h2-7,12,15H,14H2,1H3. The molecule has 0 amide bonds. The third kappa shape index (κ3) is 2.20. The van der Waals surface area contributed by atoms with Crippen LogP contribution >= 0.6 is 27.3 Å². The molecule has 0 aliphatic carbocycles. The highest BCUT2D eigenvalue weighted by Gasteiger charge is 2.15. The second-order valence-electron chi connectivity index (χ2n) is 3.61. The number of thiophene rings is 1. The summed E-state index contributed by atoms with van der Waals surface area (Å²) >= 11 is 5.22. The summed E-state index contributed by atoms with van der Waals surface area (Å²) in [5, 5.41) is 4.18. The number of nitrogens with two attached hydrogens (primary N) is 1. The normalized spacial score (nSPS) is 12.7. The van der Waals surface area contributed by atoms with Crippen LogP contribution in [0.4, 0.5) is 0 Å². The summed E-state index contributed by atoms with van der Waals surface area (Å²) in [6, 6.07) is 8.32.